The van der Waals surface area contributed by atoms with Gasteiger partial charge in [-0.05, 0) is 159 Å². The summed E-state index contributed by atoms with van der Waals surface area (Å²) < 4.78 is 48.2. The lowest BCUT2D eigenvalue weighted by Gasteiger charge is -2.20. The Balaban J connectivity index is 0.000000180. The van der Waals surface area contributed by atoms with E-state index < -0.39 is 88.6 Å². The summed E-state index contributed by atoms with van der Waals surface area (Å²) in [7, 11) is 0. The summed E-state index contributed by atoms with van der Waals surface area (Å²) in [6.45, 7) is 10.3. The molecule has 0 aliphatic heterocycles. The van der Waals surface area contributed by atoms with E-state index >= 15 is 0 Å². The molecule has 0 bridgehead atoms. The zero-order valence-electron chi connectivity index (χ0n) is 45.4. The average molecular weight is 1200 g/mol. The van der Waals surface area contributed by atoms with Crippen LogP contribution < -0.4 is 0 Å². The number of carboxylic acid groups (broad SMARTS) is 3. The first-order valence-corrected chi connectivity index (χ1v) is 27.0. The standard InChI is InChI=1S/2C22H21ClFNO4.C18H13ClFNO4/c1-4-11(2)17(22(28)29)18-12(3)25(15-9-10-16(26)20(24)19(15)18)21(27)13-5-7-14(23)8-6-13;1-3-4-5-15(22(28)29)18-12(2)25(16-10-11-17(26)20(24)19(16)18)21(27)13-6-8-14(23)9-7-13;1-9-12(8-15(23)24)16-13(6-7-14(22)17(16)20)21(9)18(25)10-2-4-11(19)5-3-10/h5-11,17,26H,4H2,1-3H3,(H,28,29);6-11,15,26H,3-5H2,1-2H3,(H,28,29);2-7,22H,8H2,1H3,(H,23,24). The second-order valence-corrected chi connectivity index (χ2v) is 21.0. The van der Waals surface area contributed by atoms with E-state index in [1.165, 1.54) is 44.0 Å². The SMILES string of the molecule is CCC(C)C(C(=O)O)c1c(C)n(C(=O)c2ccc(Cl)cc2)c2ccc(O)c(F)c12.CCCCC(C(=O)O)c1c(C)n(C(=O)c2ccc(Cl)cc2)c2ccc(O)c(F)c12.Cc1c(CC(=O)O)c2c(F)c(O)ccc2n1C(=O)c1ccc(Cl)cc1. The van der Waals surface area contributed by atoms with Gasteiger partial charge in [-0.25, -0.2) is 13.2 Å². The number of phenols is 3. The van der Waals surface area contributed by atoms with E-state index in [1.54, 1.807) is 88.4 Å². The van der Waals surface area contributed by atoms with E-state index in [4.69, 9.17) is 39.9 Å². The minimum absolute atomic E-state index is 0.0340. The Morgan fingerprint density at radius 1 is 0.494 bits per heavy atom. The third-order valence-electron chi connectivity index (χ3n) is 14.6. The monoisotopic (exact) mass is 1200 g/mol. The first kappa shape index (κ1) is 62.0. The molecule has 0 aliphatic rings. The molecule has 9 aromatic rings. The van der Waals surface area contributed by atoms with E-state index in [2.05, 4.69) is 0 Å². The van der Waals surface area contributed by atoms with Crippen LogP contribution in [0.3, 0.4) is 0 Å². The molecule has 0 aliphatic carbocycles. The predicted molar refractivity (Wildman–Crippen MR) is 310 cm³/mol. The molecule has 0 amide bonds. The molecule has 3 heterocycles. The van der Waals surface area contributed by atoms with Gasteiger partial charge in [0, 0.05) is 65.0 Å². The Labute approximate surface area is 487 Å². The van der Waals surface area contributed by atoms with Gasteiger partial charge in [0.2, 0.25) is 0 Å². The van der Waals surface area contributed by atoms with Crippen LogP contribution in [-0.2, 0) is 20.8 Å². The van der Waals surface area contributed by atoms with Crippen LogP contribution in [0.15, 0.2) is 109 Å². The smallest absolute Gasteiger partial charge is 0.311 e. The molecule has 0 saturated carbocycles. The summed E-state index contributed by atoms with van der Waals surface area (Å²) in [4.78, 5) is 74.5. The fourth-order valence-electron chi connectivity index (χ4n) is 10.3. The Bertz CT molecular complexity index is 4020. The Morgan fingerprint density at radius 2 is 0.843 bits per heavy atom. The number of hydrogen-bond acceptors (Lipinski definition) is 9. The minimum atomic E-state index is -1.16. The molecule has 0 fully saturated rings. The van der Waals surface area contributed by atoms with Crippen molar-refractivity contribution in [2.75, 3.05) is 0 Å². The summed E-state index contributed by atoms with van der Waals surface area (Å²) in [5.41, 5.74) is 3.15. The van der Waals surface area contributed by atoms with Gasteiger partial charge >= 0.3 is 17.9 Å². The second-order valence-electron chi connectivity index (χ2n) is 19.7. The first-order valence-electron chi connectivity index (χ1n) is 25.9. The Hall–Kier alpha value is -8.58. The number of fused-ring (bicyclic) bond motifs is 3. The van der Waals surface area contributed by atoms with Crippen molar-refractivity contribution in [3.63, 3.8) is 0 Å². The van der Waals surface area contributed by atoms with Gasteiger partial charge in [0.05, 0.1) is 34.8 Å². The van der Waals surface area contributed by atoms with Gasteiger partial charge in [-0.15, -0.1) is 0 Å². The first-order chi connectivity index (χ1) is 39.3. The molecule has 83 heavy (non-hydrogen) atoms. The molecule has 21 heteroatoms. The number of carboxylic acids is 3. The van der Waals surface area contributed by atoms with Crippen molar-refractivity contribution in [2.24, 2.45) is 5.92 Å². The molecule has 9 rings (SSSR count). The number of aromatic hydroxyl groups is 3. The van der Waals surface area contributed by atoms with Gasteiger partial charge in [0.1, 0.15) is 0 Å². The Kier molecular flexibility index (Phi) is 19.2. The van der Waals surface area contributed by atoms with E-state index in [9.17, 15) is 67.5 Å². The normalized spacial score (nSPS) is 12.3. The van der Waals surface area contributed by atoms with Crippen molar-refractivity contribution in [1.29, 1.82) is 0 Å². The van der Waals surface area contributed by atoms with E-state index in [1.807, 2.05) is 13.8 Å². The average Bonchev–Trinajstić information content (AvgIpc) is 2.53. The molecular weight excluding hydrogens is 1140 g/mol. The minimum Gasteiger partial charge on any atom is -0.505 e. The number of aliphatic carboxylic acids is 3. The van der Waals surface area contributed by atoms with Gasteiger partial charge in [-0.3, -0.25) is 42.5 Å². The van der Waals surface area contributed by atoms with Crippen molar-refractivity contribution < 1.29 is 72.6 Å². The van der Waals surface area contributed by atoms with Crippen molar-refractivity contribution in [3.05, 3.63) is 192 Å². The van der Waals surface area contributed by atoms with Crippen LogP contribution in [0.5, 0.6) is 17.2 Å². The maximum absolute atomic E-state index is 15.0. The summed E-state index contributed by atoms with van der Waals surface area (Å²) in [6, 6.07) is 26.4. The molecule has 0 spiro atoms. The highest BCUT2D eigenvalue weighted by atomic mass is 35.5. The highest BCUT2D eigenvalue weighted by Crippen LogP contribution is 2.42. The number of rotatable bonds is 14. The molecule has 3 atom stereocenters. The molecule has 15 nitrogen and oxygen atoms in total. The zero-order chi connectivity index (χ0) is 61.0. The van der Waals surface area contributed by atoms with Crippen molar-refractivity contribution in [2.45, 2.75) is 85.5 Å². The number of phenolic OH excluding ortho intramolecular Hbond substituents is 3. The summed E-state index contributed by atoms with van der Waals surface area (Å²) >= 11 is 17.6. The summed E-state index contributed by atoms with van der Waals surface area (Å²) in [5, 5.41) is 59.5. The lowest BCUT2D eigenvalue weighted by atomic mass is 9.84. The number of hydrogen-bond donors (Lipinski definition) is 6. The highest BCUT2D eigenvalue weighted by Gasteiger charge is 2.35. The maximum atomic E-state index is 15.0. The number of carbonyl (C=O) groups excluding carboxylic acids is 3. The van der Waals surface area contributed by atoms with Crippen LogP contribution in [-0.4, -0.2) is 80.0 Å². The van der Waals surface area contributed by atoms with Crippen LogP contribution in [0.25, 0.3) is 32.7 Å². The number of nitrogens with zero attached hydrogens (tertiary/aromatic N) is 3. The zero-order valence-corrected chi connectivity index (χ0v) is 47.7. The van der Waals surface area contributed by atoms with E-state index in [0.717, 1.165) is 24.6 Å². The third kappa shape index (κ3) is 12.3. The van der Waals surface area contributed by atoms with Gasteiger partial charge in [0.25, 0.3) is 17.7 Å². The number of unbranched alkanes of at least 4 members (excludes halogenated alkanes) is 1. The molecule has 3 unspecified atom stereocenters. The quantitative estimate of drug-likeness (QED) is 0.0596. The fraction of sp³-hybridized carbons (Fsp3) is 0.226. The van der Waals surface area contributed by atoms with E-state index in [-0.39, 0.29) is 55.3 Å². The van der Waals surface area contributed by atoms with Crippen molar-refractivity contribution >= 4 is 103 Å². The predicted octanol–water partition coefficient (Wildman–Crippen LogP) is 14.6. The van der Waals surface area contributed by atoms with Gasteiger partial charge in [0.15, 0.2) is 34.7 Å². The van der Waals surface area contributed by atoms with Crippen LogP contribution in [0.2, 0.25) is 15.1 Å². The van der Waals surface area contributed by atoms with Crippen LogP contribution in [0.1, 0.15) is 123 Å². The van der Waals surface area contributed by atoms with E-state index in [0.29, 0.717) is 68.1 Å². The topological polar surface area (TPSA) is 239 Å². The van der Waals surface area contributed by atoms with Gasteiger partial charge in [-0.2, -0.15) is 0 Å². The number of halogens is 6. The molecule has 0 saturated heterocycles. The third-order valence-corrected chi connectivity index (χ3v) is 15.3. The number of benzene rings is 6. The number of aromatic nitrogens is 3. The molecule has 6 aromatic carbocycles. The molecule has 6 N–H and O–H groups in total. The van der Waals surface area contributed by atoms with Crippen LogP contribution in [0.4, 0.5) is 13.2 Å². The lowest BCUT2D eigenvalue weighted by Crippen LogP contribution is -2.21. The van der Waals surface area contributed by atoms with Gasteiger partial charge in [-0.1, -0.05) is 74.8 Å². The molecular formula is C62H55Cl3F3N3O12. The maximum Gasteiger partial charge on any atom is 0.311 e. The van der Waals surface area contributed by atoms with Crippen molar-refractivity contribution in [1.82, 2.24) is 13.7 Å². The molecule has 3 aromatic heterocycles. The van der Waals surface area contributed by atoms with Crippen LogP contribution >= 0.6 is 34.8 Å². The summed E-state index contributed by atoms with van der Waals surface area (Å²) in [5.74, 6) is -11.6. The highest BCUT2D eigenvalue weighted by molar-refractivity contribution is 6.31. The van der Waals surface area contributed by atoms with Crippen LogP contribution in [0, 0.1) is 44.1 Å². The fourth-order valence-corrected chi connectivity index (χ4v) is 10.7. The number of carbonyl (C=O) groups is 6. The van der Waals surface area contributed by atoms with Gasteiger partial charge < -0.3 is 30.6 Å². The second kappa shape index (κ2) is 25.7. The lowest BCUT2D eigenvalue weighted by molar-refractivity contribution is -0.140. The summed E-state index contributed by atoms with van der Waals surface area (Å²) in [6.07, 6.45) is 1.79. The largest absolute Gasteiger partial charge is 0.505 e. The molecule has 432 valence electrons. The molecule has 0 radical (unpaired) electrons. The Morgan fingerprint density at radius 3 is 1.19 bits per heavy atom. The van der Waals surface area contributed by atoms with Crippen molar-refractivity contribution in [3.8, 4) is 17.2 Å².